The van der Waals surface area contributed by atoms with Crippen LogP contribution in [0.2, 0.25) is 0 Å². The fourth-order valence-electron chi connectivity index (χ4n) is 1.27. The fraction of sp³-hybridized carbons (Fsp3) is 0.167. The van der Waals surface area contributed by atoms with Crippen molar-refractivity contribution in [2.24, 2.45) is 0 Å². The summed E-state index contributed by atoms with van der Waals surface area (Å²) in [4.78, 5) is 1.38. The van der Waals surface area contributed by atoms with E-state index in [9.17, 15) is 0 Å². The molecule has 0 spiro atoms. The van der Waals surface area contributed by atoms with Crippen LogP contribution in [0.25, 0.3) is 0 Å². The molecule has 0 saturated carbocycles. The molecule has 65 valence electrons. The lowest BCUT2D eigenvalue weighted by Crippen LogP contribution is -1.83. The predicted molar refractivity (Wildman–Crippen MR) is 57.1 cm³/mol. The highest BCUT2D eigenvalue weighted by Crippen LogP contribution is 2.14. The van der Waals surface area contributed by atoms with Crippen LogP contribution in [-0.2, 0) is 6.42 Å². The maximum atomic E-state index is 3.10. The average molecular weight is 187 g/mol. The first-order chi connectivity index (χ1) is 6.34. The SMILES string of the molecule is Cc1ccc(Cc2cc[c]s2)cc1. The van der Waals surface area contributed by atoms with Gasteiger partial charge in [-0.05, 0) is 24.6 Å². The number of benzene rings is 1. The Kier molecular flexibility index (Phi) is 2.46. The second kappa shape index (κ2) is 3.75. The van der Waals surface area contributed by atoms with Crippen LogP contribution in [0.3, 0.4) is 0 Å². The highest BCUT2D eigenvalue weighted by molar-refractivity contribution is 7.09. The molecule has 1 heterocycles. The van der Waals surface area contributed by atoms with Gasteiger partial charge in [0, 0.05) is 16.7 Å². The molecule has 0 amide bonds. The minimum absolute atomic E-state index is 1.04. The van der Waals surface area contributed by atoms with Crippen LogP contribution in [0.5, 0.6) is 0 Å². The van der Waals surface area contributed by atoms with Crippen molar-refractivity contribution in [2.75, 3.05) is 0 Å². The first kappa shape index (κ1) is 8.52. The Morgan fingerprint density at radius 2 is 1.92 bits per heavy atom. The monoisotopic (exact) mass is 187 g/mol. The molecule has 0 fully saturated rings. The largest absolute Gasteiger partial charge is 0.139 e. The maximum Gasteiger partial charge on any atom is 0.0445 e. The highest BCUT2D eigenvalue weighted by atomic mass is 32.1. The number of hydrogen-bond donors (Lipinski definition) is 0. The first-order valence-electron chi connectivity index (χ1n) is 4.35. The van der Waals surface area contributed by atoms with Crippen molar-refractivity contribution in [3.05, 3.63) is 57.8 Å². The molecular weight excluding hydrogens is 176 g/mol. The van der Waals surface area contributed by atoms with E-state index < -0.39 is 0 Å². The third-order valence-electron chi connectivity index (χ3n) is 2.03. The normalized spacial score (nSPS) is 10.2. The van der Waals surface area contributed by atoms with Crippen molar-refractivity contribution in [3.8, 4) is 0 Å². The van der Waals surface area contributed by atoms with Crippen molar-refractivity contribution >= 4 is 11.3 Å². The van der Waals surface area contributed by atoms with Gasteiger partial charge < -0.3 is 0 Å². The summed E-state index contributed by atoms with van der Waals surface area (Å²) < 4.78 is 0. The summed E-state index contributed by atoms with van der Waals surface area (Å²) in [6.45, 7) is 2.11. The highest BCUT2D eigenvalue weighted by Gasteiger charge is 1.96. The van der Waals surface area contributed by atoms with Gasteiger partial charge in [0.05, 0.1) is 0 Å². The predicted octanol–water partition coefficient (Wildman–Crippen LogP) is 3.45. The lowest BCUT2D eigenvalue weighted by atomic mass is 10.1. The van der Waals surface area contributed by atoms with Crippen LogP contribution in [0, 0.1) is 12.3 Å². The molecule has 1 heteroatoms. The van der Waals surface area contributed by atoms with E-state index in [2.05, 4.69) is 42.6 Å². The van der Waals surface area contributed by atoms with E-state index in [1.165, 1.54) is 16.0 Å². The van der Waals surface area contributed by atoms with E-state index in [1.807, 2.05) is 6.07 Å². The van der Waals surface area contributed by atoms with Gasteiger partial charge in [-0.3, -0.25) is 0 Å². The summed E-state index contributed by atoms with van der Waals surface area (Å²) in [5.74, 6) is 0. The lowest BCUT2D eigenvalue weighted by molar-refractivity contribution is 1.23. The van der Waals surface area contributed by atoms with Crippen molar-refractivity contribution in [3.63, 3.8) is 0 Å². The van der Waals surface area contributed by atoms with Gasteiger partial charge in [0.25, 0.3) is 0 Å². The van der Waals surface area contributed by atoms with E-state index in [-0.39, 0.29) is 0 Å². The van der Waals surface area contributed by atoms with Gasteiger partial charge >= 0.3 is 0 Å². The number of aryl methyl sites for hydroxylation is 1. The van der Waals surface area contributed by atoms with Gasteiger partial charge in [0.2, 0.25) is 0 Å². The van der Waals surface area contributed by atoms with E-state index >= 15 is 0 Å². The third-order valence-corrected chi connectivity index (χ3v) is 2.82. The van der Waals surface area contributed by atoms with Crippen LogP contribution < -0.4 is 0 Å². The molecule has 1 radical (unpaired) electrons. The molecule has 0 aliphatic heterocycles. The molecule has 0 atom stereocenters. The summed E-state index contributed by atoms with van der Waals surface area (Å²) in [6, 6.07) is 12.8. The zero-order valence-corrected chi connectivity index (χ0v) is 8.40. The standard InChI is InChI=1S/C12H11S/c1-10-4-6-11(7-5-10)9-12-3-2-8-13-12/h2-7H,9H2,1H3. The Hall–Kier alpha value is -1.08. The fourth-order valence-corrected chi connectivity index (χ4v) is 1.94. The van der Waals surface area contributed by atoms with Gasteiger partial charge in [0.15, 0.2) is 0 Å². The molecular formula is C12H11S. The van der Waals surface area contributed by atoms with Crippen LogP contribution in [-0.4, -0.2) is 0 Å². The zero-order valence-electron chi connectivity index (χ0n) is 7.58. The van der Waals surface area contributed by atoms with Crippen LogP contribution in [0.4, 0.5) is 0 Å². The summed E-state index contributed by atoms with van der Waals surface area (Å²) in [7, 11) is 0. The molecule has 2 aromatic rings. The Bertz CT molecular complexity index is 357. The van der Waals surface area contributed by atoms with Crippen LogP contribution >= 0.6 is 11.3 Å². The molecule has 0 N–H and O–H groups in total. The molecule has 0 aliphatic carbocycles. The molecule has 0 bridgehead atoms. The van der Waals surface area contributed by atoms with Gasteiger partial charge in [-0.15, -0.1) is 11.3 Å². The second-order valence-corrected chi connectivity index (χ2v) is 4.15. The topological polar surface area (TPSA) is 0 Å². The van der Waals surface area contributed by atoms with E-state index in [0.29, 0.717) is 0 Å². The minimum Gasteiger partial charge on any atom is -0.139 e. The Labute approximate surface area is 82.9 Å². The van der Waals surface area contributed by atoms with E-state index in [1.54, 1.807) is 11.3 Å². The molecule has 2 rings (SSSR count). The van der Waals surface area contributed by atoms with Gasteiger partial charge in [-0.2, -0.15) is 0 Å². The van der Waals surface area contributed by atoms with Gasteiger partial charge in [-0.25, -0.2) is 0 Å². The van der Waals surface area contributed by atoms with Crippen molar-refractivity contribution < 1.29 is 0 Å². The molecule has 1 aromatic carbocycles. The average Bonchev–Trinajstić information content (AvgIpc) is 2.62. The first-order valence-corrected chi connectivity index (χ1v) is 5.16. The van der Waals surface area contributed by atoms with Crippen LogP contribution in [0.1, 0.15) is 16.0 Å². The summed E-state index contributed by atoms with van der Waals surface area (Å²) in [5, 5.41) is 3.10. The molecule has 13 heavy (non-hydrogen) atoms. The second-order valence-electron chi connectivity index (χ2n) is 3.18. The summed E-state index contributed by atoms with van der Waals surface area (Å²) in [5.41, 5.74) is 2.70. The van der Waals surface area contributed by atoms with Crippen LogP contribution in [0.15, 0.2) is 36.4 Å². The molecule has 0 saturated heterocycles. The quantitative estimate of drug-likeness (QED) is 0.675. The lowest BCUT2D eigenvalue weighted by Gasteiger charge is -1.98. The zero-order chi connectivity index (χ0) is 9.10. The Morgan fingerprint density at radius 3 is 2.54 bits per heavy atom. The van der Waals surface area contributed by atoms with E-state index in [0.717, 1.165) is 6.42 Å². The molecule has 0 aliphatic rings. The van der Waals surface area contributed by atoms with E-state index in [4.69, 9.17) is 0 Å². The van der Waals surface area contributed by atoms with Crippen molar-refractivity contribution in [2.45, 2.75) is 13.3 Å². The third kappa shape index (κ3) is 2.19. The molecule has 1 aromatic heterocycles. The number of rotatable bonds is 2. The Morgan fingerprint density at radius 1 is 1.15 bits per heavy atom. The maximum absolute atomic E-state index is 3.10. The minimum atomic E-state index is 1.04. The van der Waals surface area contributed by atoms with Gasteiger partial charge in [-0.1, -0.05) is 29.8 Å². The van der Waals surface area contributed by atoms with Crippen molar-refractivity contribution in [1.29, 1.82) is 0 Å². The molecule has 0 unspecified atom stereocenters. The molecule has 0 nitrogen and oxygen atoms in total. The number of thiophene rings is 1. The number of hydrogen-bond acceptors (Lipinski definition) is 1. The van der Waals surface area contributed by atoms with Gasteiger partial charge in [0.1, 0.15) is 0 Å². The Balaban J connectivity index is 2.15. The summed E-state index contributed by atoms with van der Waals surface area (Å²) >= 11 is 1.70. The smallest absolute Gasteiger partial charge is 0.0445 e. The summed E-state index contributed by atoms with van der Waals surface area (Å²) in [6.07, 6.45) is 1.04. The van der Waals surface area contributed by atoms with Crippen molar-refractivity contribution in [1.82, 2.24) is 0 Å².